The molecule has 150 valence electrons. The van der Waals surface area contributed by atoms with E-state index in [9.17, 15) is 13.2 Å². The maximum absolute atomic E-state index is 13.0. The first-order chi connectivity index (χ1) is 13.3. The number of rotatable bonds is 5. The maximum Gasteiger partial charge on any atom is 0.243 e. The van der Waals surface area contributed by atoms with Gasteiger partial charge in [-0.25, -0.2) is 8.42 Å². The van der Waals surface area contributed by atoms with E-state index in [1.165, 1.54) is 31.3 Å². The molecule has 0 fully saturated rings. The second-order valence-corrected chi connectivity index (χ2v) is 9.26. The normalized spacial score (nSPS) is 14.1. The number of ether oxygens (including phenoxy) is 1. The van der Waals surface area contributed by atoms with Gasteiger partial charge in [0.25, 0.3) is 0 Å². The fourth-order valence-electron chi connectivity index (χ4n) is 3.41. The second kappa shape index (κ2) is 8.11. The Morgan fingerprint density at radius 2 is 1.89 bits per heavy atom. The Morgan fingerprint density at radius 1 is 1.21 bits per heavy atom. The minimum Gasteiger partial charge on any atom is -0.495 e. The van der Waals surface area contributed by atoms with E-state index in [0.29, 0.717) is 17.3 Å². The molecule has 0 spiro atoms. The van der Waals surface area contributed by atoms with E-state index in [4.69, 9.17) is 16.3 Å². The summed E-state index contributed by atoms with van der Waals surface area (Å²) in [6.07, 6.45) is 1.68. The van der Waals surface area contributed by atoms with Crippen LogP contribution in [0.5, 0.6) is 5.75 Å². The largest absolute Gasteiger partial charge is 0.495 e. The van der Waals surface area contributed by atoms with E-state index in [-0.39, 0.29) is 17.3 Å². The fraction of sp³-hybridized carbons (Fsp3) is 0.350. The van der Waals surface area contributed by atoms with E-state index in [0.717, 1.165) is 34.0 Å². The molecule has 0 unspecified atom stereocenters. The zero-order valence-corrected chi connectivity index (χ0v) is 17.7. The number of nitrogens with zero attached hydrogens (tertiary/aromatic N) is 2. The van der Waals surface area contributed by atoms with Crippen molar-refractivity contribution >= 4 is 33.2 Å². The summed E-state index contributed by atoms with van der Waals surface area (Å²) in [7, 11) is -0.823. The first-order valence-corrected chi connectivity index (χ1v) is 10.8. The SMILES string of the molecule is COc1ccc(C)c2c1N(C(=O)CN(C)S(=O)(=O)c1ccc(Cl)cc1)CCC2. The molecule has 28 heavy (non-hydrogen) atoms. The quantitative estimate of drug-likeness (QED) is 0.741. The van der Waals surface area contributed by atoms with Crippen LogP contribution in [0.3, 0.4) is 0 Å². The number of hydrogen-bond donors (Lipinski definition) is 0. The van der Waals surface area contributed by atoms with Crippen LogP contribution < -0.4 is 9.64 Å². The summed E-state index contributed by atoms with van der Waals surface area (Å²) in [5.41, 5.74) is 2.91. The number of hydrogen-bond acceptors (Lipinski definition) is 4. The predicted molar refractivity (Wildman–Crippen MR) is 110 cm³/mol. The number of aryl methyl sites for hydroxylation is 1. The van der Waals surface area contributed by atoms with Gasteiger partial charge in [-0.1, -0.05) is 17.7 Å². The summed E-state index contributed by atoms with van der Waals surface area (Å²) in [5.74, 6) is 0.335. The van der Waals surface area contributed by atoms with Crippen molar-refractivity contribution in [3.05, 3.63) is 52.5 Å². The van der Waals surface area contributed by atoms with E-state index < -0.39 is 10.0 Å². The number of likely N-dealkylation sites (N-methyl/N-ethyl adjacent to an activating group) is 1. The Hall–Kier alpha value is -2.09. The number of anilines is 1. The molecule has 2 aromatic carbocycles. The highest BCUT2D eigenvalue weighted by atomic mass is 35.5. The predicted octanol–water partition coefficient (Wildman–Crippen LogP) is 3.26. The number of carbonyl (C=O) groups is 1. The van der Waals surface area contributed by atoms with Crippen LogP contribution in [0.15, 0.2) is 41.3 Å². The van der Waals surface area contributed by atoms with Gasteiger partial charge < -0.3 is 9.64 Å². The lowest BCUT2D eigenvalue weighted by atomic mass is 9.96. The van der Waals surface area contributed by atoms with Gasteiger partial charge in [-0.3, -0.25) is 4.79 Å². The van der Waals surface area contributed by atoms with Crippen molar-refractivity contribution in [3.8, 4) is 5.75 Å². The minimum atomic E-state index is -3.79. The van der Waals surface area contributed by atoms with Gasteiger partial charge in [0.1, 0.15) is 5.75 Å². The van der Waals surface area contributed by atoms with Crippen molar-refractivity contribution in [2.24, 2.45) is 0 Å². The van der Waals surface area contributed by atoms with Gasteiger partial charge in [-0.05, 0) is 61.2 Å². The Morgan fingerprint density at radius 3 is 2.54 bits per heavy atom. The molecule has 2 aromatic rings. The summed E-state index contributed by atoms with van der Waals surface area (Å²) < 4.78 is 32.1. The molecule has 1 heterocycles. The average Bonchev–Trinajstić information content (AvgIpc) is 2.68. The van der Waals surface area contributed by atoms with E-state index in [1.54, 1.807) is 12.0 Å². The first-order valence-electron chi connectivity index (χ1n) is 8.94. The smallest absolute Gasteiger partial charge is 0.243 e. The van der Waals surface area contributed by atoms with Crippen molar-refractivity contribution in [2.75, 3.05) is 32.1 Å². The Labute approximate surface area is 170 Å². The van der Waals surface area contributed by atoms with E-state index in [1.807, 2.05) is 19.1 Å². The number of carbonyl (C=O) groups excluding carboxylic acids is 1. The van der Waals surface area contributed by atoms with Crippen LogP contribution >= 0.6 is 11.6 Å². The highest BCUT2D eigenvalue weighted by Crippen LogP contribution is 2.38. The highest BCUT2D eigenvalue weighted by molar-refractivity contribution is 7.89. The highest BCUT2D eigenvalue weighted by Gasteiger charge is 2.30. The summed E-state index contributed by atoms with van der Waals surface area (Å²) in [6, 6.07) is 9.70. The lowest BCUT2D eigenvalue weighted by Gasteiger charge is -2.33. The molecule has 0 atom stereocenters. The molecule has 0 radical (unpaired) electrons. The number of benzene rings is 2. The molecule has 1 aliphatic heterocycles. The molecule has 8 heteroatoms. The van der Waals surface area contributed by atoms with Crippen LogP contribution in [0.1, 0.15) is 17.5 Å². The number of sulfonamides is 1. The van der Waals surface area contributed by atoms with Gasteiger partial charge in [0.05, 0.1) is 24.2 Å². The van der Waals surface area contributed by atoms with Crippen molar-refractivity contribution in [1.29, 1.82) is 0 Å². The van der Waals surface area contributed by atoms with Gasteiger partial charge in [0, 0.05) is 18.6 Å². The van der Waals surface area contributed by atoms with Gasteiger partial charge in [-0.15, -0.1) is 0 Å². The van der Waals surface area contributed by atoms with Gasteiger partial charge in [0.2, 0.25) is 15.9 Å². The van der Waals surface area contributed by atoms with Gasteiger partial charge in [-0.2, -0.15) is 4.31 Å². The third kappa shape index (κ3) is 3.87. The van der Waals surface area contributed by atoms with Crippen molar-refractivity contribution in [1.82, 2.24) is 4.31 Å². The molecular formula is C20H23ClN2O4S. The summed E-state index contributed by atoms with van der Waals surface area (Å²) in [6.45, 7) is 2.27. The van der Waals surface area contributed by atoms with Crippen molar-refractivity contribution < 1.29 is 17.9 Å². The number of amides is 1. The fourth-order valence-corrected chi connectivity index (χ4v) is 4.66. The summed E-state index contributed by atoms with van der Waals surface area (Å²) >= 11 is 5.84. The molecule has 0 N–H and O–H groups in total. The minimum absolute atomic E-state index is 0.0969. The first kappa shape index (κ1) is 20.6. The van der Waals surface area contributed by atoms with Crippen LogP contribution in [-0.2, 0) is 21.2 Å². The van der Waals surface area contributed by atoms with E-state index >= 15 is 0 Å². The van der Waals surface area contributed by atoms with E-state index in [2.05, 4.69) is 0 Å². The second-order valence-electron chi connectivity index (χ2n) is 6.78. The maximum atomic E-state index is 13.0. The Bertz CT molecular complexity index is 990. The van der Waals surface area contributed by atoms with Crippen LogP contribution in [0, 0.1) is 6.92 Å². The summed E-state index contributed by atoms with van der Waals surface area (Å²) in [4.78, 5) is 14.8. The Balaban J connectivity index is 1.86. The average molecular weight is 423 g/mol. The van der Waals surface area contributed by atoms with Crippen LogP contribution in [0.2, 0.25) is 5.02 Å². The van der Waals surface area contributed by atoms with Crippen LogP contribution in [-0.4, -0.2) is 45.9 Å². The summed E-state index contributed by atoms with van der Waals surface area (Å²) in [5, 5.41) is 0.449. The number of halogens is 1. The molecular weight excluding hydrogens is 400 g/mol. The lowest BCUT2D eigenvalue weighted by Crippen LogP contribution is -2.43. The van der Waals surface area contributed by atoms with Crippen LogP contribution in [0.25, 0.3) is 0 Å². The molecule has 3 rings (SSSR count). The van der Waals surface area contributed by atoms with Gasteiger partial charge >= 0.3 is 0 Å². The monoisotopic (exact) mass is 422 g/mol. The molecule has 0 saturated carbocycles. The standard InChI is InChI=1S/C20H23ClN2O4S/c1-14-6-11-18(27-3)20-17(14)5-4-12-23(20)19(24)13-22(2)28(25,26)16-9-7-15(21)8-10-16/h6-11H,4-5,12-13H2,1-3H3. The molecule has 1 amide bonds. The molecule has 6 nitrogen and oxygen atoms in total. The third-order valence-electron chi connectivity index (χ3n) is 4.96. The number of methoxy groups -OCH3 is 1. The lowest BCUT2D eigenvalue weighted by molar-refractivity contribution is -0.118. The zero-order valence-electron chi connectivity index (χ0n) is 16.1. The topological polar surface area (TPSA) is 66.9 Å². The zero-order chi connectivity index (χ0) is 20.5. The van der Waals surface area contributed by atoms with Gasteiger partial charge in [0.15, 0.2) is 0 Å². The molecule has 1 aliphatic rings. The Kier molecular flexibility index (Phi) is 5.98. The van der Waals surface area contributed by atoms with Crippen molar-refractivity contribution in [3.63, 3.8) is 0 Å². The molecule has 0 saturated heterocycles. The molecule has 0 bridgehead atoms. The molecule has 0 aliphatic carbocycles. The number of fused-ring (bicyclic) bond motifs is 1. The third-order valence-corrected chi connectivity index (χ3v) is 7.03. The van der Waals surface area contributed by atoms with Crippen molar-refractivity contribution in [2.45, 2.75) is 24.7 Å². The molecule has 0 aromatic heterocycles. The van der Waals surface area contributed by atoms with Crippen LogP contribution in [0.4, 0.5) is 5.69 Å².